The first-order chi connectivity index (χ1) is 22.8. The molecule has 9 rings (SSSR count). The summed E-state index contributed by atoms with van der Waals surface area (Å²) in [7, 11) is 0. The number of furan rings is 1. The molecule has 1 heterocycles. The Bertz CT molecular complexity index is 2490. The van der Waals surface area contributed by atoms with Crippen LogP contribution in [0.1, 0.15) is 0 Å². The number of hydrogen-bond donors (Lipinski definition) is 0. The van der Waals surface area contributed by atoms with Gasteiger partial charge >= 0.3 is 0 Å². The van der Waals surface area contributed by atoms with Gasteiger partial charge < -0.3 is 9.32 Å². The average molecular weight is 588 g/mol. The van der Waals surface area contributed by atoms with Crippen LogP contribution in [-0.4, -0.2) is 0 Å². The van der Waals surface area contributed by atoms with Crippen LogP contribution in [0.4, 0.5) is 17.1 Å². The summed E-state index contributed by atoms with van der Waals surface area (Å²) in [5.41, 5.74) is 9.77. The predicted octanol–water partition coefficient (Wildman–Crippen LogP) is 12.7. The van der Waals surface area contributed by atoms with Crippen molar-refractivity contribution < 1.29 is 4.42 Å². The van der Waals surface area contributed by atoms with Crippen LogP contribution in [0.2, 0.25) is 0 Å². The Morgan fingerprint density at radius 3 is 1.59 bits per heavy atom. The van der Waals surface area contributed by atoms with Crippen molar-refractivity contribution in [2.45, 2.75) is 0 Å². The number of benzene rings is 8. The van der Waals surface area contributed by atoms with Crippen LogP contribution in [0.15, 0.2) is 180 Å². The van der Waals surface area contributed by atoms with Crippen molar-refractivity contribution in [2.75, 3.05) is 4.90 Å². The minimum Gasteiger partial charge on any atom is -0.453 e. The van der Waals surface area contributed by atoms with Crippen molar-refractivity contribution in [3.63, 3.8) is 0 Å². The van der Waals surface area contributed by atoms with Crippen LogP contribution in [0.5, 0.6) is 0 Å². The molecule has 0 aliphatic heterocycles. The standard InChI is InChI=1S/C44H29NO/c1-3-10-30(11-4-1)31-18-20-32(21-19-31)33-24-27-37(28-25-33)45(36-13-5-2-6-14-36)41-17-9-16-39-40-29-26-35-23-22-34-12-7-8-15-38(34)42(35)44(40)46-43(39)41/h1-29H. The van der Waals surface area contributed by atoms with Gasteiger partial charge in [0.25, 0.3) is 0 Å². The lowest BCUT2D eigenvalue weighted by Gasteiger charge is -2.25. The molecule has 0 N–H and O–H groups in total. The summed E-state index contributed by atoms with van der Waals surface area (Å²) in [5, 5.41) is 6.99. The molecule has 0 atom stereocenters. The molecule has 2 heteroatoms. The first-order valence-corrected chi connectivity index (χ1v) is 15.7. The van der Waals surface area contributed by atoms with Crippen molar-refractivity contribution in [3.8, 4) is 22.3 Å². The van der Waals surface area contributed by atoms with Gasteiger partial charge in [-0.3, -0.25) is 0 Å². The van der Waals surface area contributed by atoms with E-state index in [9.17, 15) is 0 Å². The molecule has 0 saturated carbocycles. The summed E-state index contributed by atoms with van der Waals surface area (Å²) >= 11 is 0. The van der Waals surface area contributed by atoms with Gasteiger partial charge in [0.15, 0.2) is 5.58 Å². The minimum atomic E-state index is 0.877. The van der Waals surface area contributed by atoms with Gasteiger partial charge in [-0.2, -0.15) is 0 Å². The zero-order chi connectivity index (χ0) is 30.5. The smallest absolute Gasteiger partial charge is 0.159 e. The Kier molecular flexibility index (Phi) is 6.17. The lowest BCUT2D eigenvalue weighted by molar-refractivity contribution is 0.673. The SMILES string of the molecule is c1ccc(-c2ccc(-c3ccc(N(c4ccccc4)c4cccc5c4oc4c5ccc5ccc6ccccc6c54)cc3)cc2)cc1. The molecule has 0 radical (unpaired) electrons. The van der Waals surface area contributed by atoms with Crippen molar-refractivity contribution in [2.24, 2.45) is 0 Å². The highest BCUT2D eigenvalue weighted by molar-refractivity contribution is 6.24. The van der Waals surface area contributed by atoms with Crippen LogP contribution in [0.3, 0.4) is 0 Å². The molecule has 0 bridgehead atoms. The third-order valence-corrected chi connectivity index (χ3v) is 9.06. The number of rotatable bonds is 5. The fraction of sp³-hybridized carbons (Fsp3) is 0. The lowest BCUT2D eigenvalue weighted by Crippen LogP contribution is -2.10. The predicted molar refractivity (Wildman–Crippen MR) is 194 cm³/mol. The summed E-state index contributed by atoms with van der Waals surface area (Å²) in [6.07, 6.45) is 0. The number of nitrogens with zero attached hydrogens (tertiary/aromatic N) is 1. The van der Waals surface area contributed by atoms with E-state index >= 15 is 0 Å². The second kappa shape index (κ2) is 10.8. The number of hydrogen-bond acceptors (Lipinski definition) is 2. The highest BCUT2D eigenvalue weighted by atomic mass is 16.3. The molecule has 0 aliphatic rings. The van der Waals surface area contributed by atoms with E-state index in [-0.39, 0.29) is 0 Å². The van der Waals surface area contributed by atoms with Gasteiger partial charge in [-0.15, -0.1) is 0 Å². The van der Waals surface area contributed by atoms with Gasteiger partial charge in [0, 0.05) is 27.5 Å². The van der Waals surface area contributed by atoms with Gasteiger partial charge in [0.2, 0.25) is 0 Å². The molecule has 8 aromatic carbocycles. The van der Waals surface area contributed by atoms with Crippen LogP contribution >= 0.6 is 0 Å². The van der Waals surface area contributed by atoms with Gasteiger partial charge in [-0.25, -0.2) is 0 Å². The van der Waals surface area contributed by atoms with E-state index in [1.165, 1.54) is 38.4 Å². The topological polar surface area (TPSA) is 16.4 Å². The molecule has 9 aromatic rings. The Balaban J connectivity index is 1.18. The van der Waals surface area contributed by atoms with E-state index in [1.54, 1.807) is 0 Å². The molecule has 0 unspecified atom stereocenters. The van der Waals surface area contributed by atoms with E-state index in [0.717, 1.165) is 44.4 Å². The van der Waals surface area contributed by atoms with Crippen molar-refractivity contribution >= 4 is 60.5 Å². The number of fused-ring (bicyclic) bond motifs is 7. The zero-order valence-corrected chi connectivity index (χ0v) is 25.1. The van der Waals surface area contributed by atoms with Crippen molar-refractivity contribution in [3.05, 3.63) is 176 Å². The molecular weight excluding hydrogens is 558 g/mol. The Labute approximate surface area is 267 Å². The van der Waals surface area contributed by atoms with Crippen molar-refractivity contribution in [1.29, 1.82) is 0 Å². The molecular formula is C44H29NO. The maximum atomic E-state index is 6.93. The van der Waals surface area contributed by atoms with Gasteiger partial charge in [-0.1, -0.05) is 140 Å². The summed E-state index contributed by atoms with van der Waals surface area (Å²) in [5.74, 6) is 0. The van der Waals surface area contributed by atoms with Crippen LogP contribution < -0.4 is 4.90 Å². The normalized spacial score (nSPS) is 11.5. The molecule has 0 saturated heterocycles. The molecule has 0 aliphatic carbocycles. The highest BCUT2D eigenvalue weighted by Gasteiger charge is 2.20. The van der Waals surface area contributed by atoms with Gasteiger partial charge in [0.05, 0.1) is 5.69 Å². The Hall–Kier alpha value is -6.12. The van der Waals surface area contributed by atoms with E-state index in [2.05, 4.69) is 181 Å². The largest absolute Gasteiger partial charge is 0.453 e. The van der Waals surface area contributed by atoms with Crippen LogP contribution in [0, 0.1) is 0 Å². The van der Waals surface area contributed by atoms with Crippen LogP contribution in [0.25, 0.3) is 65.7 Å². The monoisotopic (exact) mass is 587 g/mol. The molecule has 1 aromatic heterocycles. The molecule has 0 fully saturated rings. The zero-order valence-electron chi connectivity index (χ0n) is 25.1. The molecule has 0 spiro atoms. The third kappa shape index (κ3) is 4.35. The minimum absolute atomic E-state index is 0.877. The Morgan fingerprint density at radius 2 is 0.848 bits per heavy atom. The first-order valence-electron chi connectivity index (χ1n) is 15.7. The fourth-order valence-electron chi connectivity index (χ4n) is 6.80. The molecule has 2 nitrogen and oxygen atoms in total. The number of anilines is 3. The summed E-state index contributed by atoms with van der Waals surface area (Å²) < 4.78 is 6.93. The highest BCUT2D eigenvalue weighted by Crippen LogP contribution is 2.44. The molecule has 46 heavy (non-hydrogen) atoms. The Morgan fingerprint density at radius 1 is 0.326 bits per heavy atom. The summed E-state index contributed by atoms with van der Waals surface area (Å²) in [4.78, 5) is 2.30. The lowest BCUT2D eigenvalue weighted by atomic mass is 9.99. The first kappa shape index (κ1) is 26.3. The van der Waals surface area contributed by atoms with E-state index in [0.29, 0.717) is 0 Å². The van der Waals surface area contributed by atoms with Gasteiger partial charge in [0.1, 0.15) is 5.58 Å². The van der Waals surface area contributed by atoms with Gasteiger partial charge in [-0.05, 0) is 74.8 Å². The summed E-state index contributed by atoms with van der Waals surface area (Å²) in [6, 6.07) is 62.5. The summed E-state index contributed by atoms with van der Waals surface area (Å²) in [6.45, 7) is 0. The number of para-hydroxylation sites is 2. The quantitative estimate of drug-likeness (QED) is 0.186. The van der Waals surface area contributed by atoms with E-state index in [4.69, 9.17) is 4.42 Å². The molecule has 0 amide bonds. The molecule has 216 valence electrons. The second-order valence-electron chi connectivity index (χ2n) is 11.7. The average Bonchev–Trinajstić information content (AvgIpc) is 3.53. The fourth-order valence-corrected chi connectivity index (χ4v) is 6.80. The van der Waals surface area contributed by atoms with E-state index < -0.39 is 0 Å². The van der Waals surface area contributed by atoms with Crippen molar-refractivity contribution in [1.82, 2.24) is 0 Å². The second-order valence-corrected chi connectivity index (χ2v) is 11.7. The maximum Gasteiger partial charge on any atom is 0.159 e. The third-order valence-electron chi connectivity index (χ3n) is 9.06. The van der Waals surface area contributed by atoms with E-state index in [1.807, 2.05) is 0 Å². The van der Waals surface area contributed by atoms with Crippen LogP contribution in [-0.2, 0) is 0 Å². The maximum absolute atomic E-state index is 6.93.